The summed E-state index contributed by atoms with van der Waals surface area (Å²) < 4.78 is 5.67. The van der Waals surface area contributed by atoms with Crippen molar-refractivity contribution in [3.8, 4) is 0 Å². The van der Waals surface area contributed by atoms with E-state index < -0.39 is 0 Å². The summed E-state index contributed by atoms with van der Waals surface area (Å²) in [5.41, 5.74) is 0. The zero-order valence-corrected chi connectivity index (χ0v) is 15.8. The topological polar surface area (TPSA) is 9.23 Å². The standard InChI is InChI=1S/C22H40O/c1-3-5-7-8-19-9-13-21(14-10-19)22-15-11-20(12-16-22)18-23-17-6-4-2/h6,17,19-22H,3-5,7-16,18H2,1-2H3/b17-6-. The second-order valence-electron chi connectivity index (χ2n) is 8.17. The molecule has 0 unspecified atom stereocenters. The molecule has 2 rings (SSSR count). The van der Waals surface area contributed by atoms with Gasteiger partial charge in [0.2, 0.25) is 0 Å². The van der Waals surface area contributed by atoms with Crippen LogP contribution in [0.1, 0.15) is 97.3 Å². The third kappa shape index (κ3) is 6.89. The molecular formula is C22H40O. The van der Waals surface area contributed by atoms with E-state index in [1.807, 2.05) is 6.26 Å². The fraction of sp³-hybridized carbons (Fsp3) is 0.909. The van der Waals surface area contributed by atoms with Crippen LogP contribution < -0.4 is 0 Å². The zero-order valence-electron chi connectivity index (χ0n) is 15.8. The Bertz CT molecular complexity index is 306. The van der Waals surface area contributed by atoms with Gasteiger partial charge in [0.15, 0.2) is 0 Å². The van der Waals surface area contributed by atoms with Crippen molar-refractivity contribution in [3.63, 3.8) is 0 Å². The molecule has 0 amide bonds. The van der Waals surface area contributed by atoms with Crippen molar-refractivity contribution < 1.29 is 4.74 Å². The lowest BCUT2D eigenvalue weighted by molar-refractivity contribution is 0.108. The molecule has 2 fully saturated rings. The predicted molar refractivity (Wildman–Crippen MR) is 100 cm³/mol. The number of hydrogen-bond acceptors (Lipinski definition) is 1. The van der Waals surface area contributed by atoms with Crippen LogP contribution in [0.25, 0.3) is 0 Å². The minimum absolute atomic E-state index is 0.818. The van der Waals surface area contributed by atoms with Crippen molar-refractivity contribution in [1.29, 1.82) is 0 Å². The molecule has 0 N–H and O–H groups in total. The molecule has 0 aromatic rings. The monoisotopic (exact) mass is 320 g/mol. The van der Waals surface area contributed by atoms with Gasteiger partial charge < -0.3 is 4.74 Å². The number of unbranched alkanes of at least 4 members (excludes halogenated alkanes) is 2. The lowest BCUT2D eigenvalue weighted by atomic mass is 9.69. The third-order valence-corrected chi connectivity index (χ3v) is 6.43. The molecule has 2 aliphatic rings. The first-order chi connectivity index (χ1) is 11.3. The molecule has 0 saturated heterocycles. The van der Waals surface area contributed by atoms with Crippen molar-refractivity contribution >= 4 is 0 Å². The fourth-order valence-electron chi connectivity index (χ4n) is 4.81. The maximum absolute atomic E-state index is 5.67. The molecule has 2 aliphatic carbocycles. The molecule has 134 valence electrons. The molecule has 0 aromatic carbocycles. The summed E-state index contributed by atoms with van der Waals surface area (Å²) >= 11 is 0. The molecule has 1 nitrogen and oxygen atoms in total. The molecule has 0 bridgehead atoms. The molecule has 0 radical (unpaired) electrons. The molecule has 0 heterocycles. The van der Waals surface area contributed by atoms with Gasteiger partial charge in [0, 0.05) is 0 Å². The van der Waals surface area contributed by atoms with Gasteiger partial charge in [-0.1, -0.05) is 58.4 Å². The van der Waals surface area contributed by atoms with Gasteiger partial charge in [0.1, 0.15) is 0 Å². The van der Waals surface area contributed by atoms with Crippen molar-refractivity contribution in [3.05, 3.63) is 12.3 Å². The van der Waals surface area contributed by atoms with Crippen LogP contribution in [0.3, 0.4) is 0 Å². The Hall–Kier alpha value is -0.460. The van der Waals surface area contributed by atoms with Crippen molar-refractivity contribution in [2.45, 2.75) is 97.3 Å². The molecule has 0 atom stereocenters. The first-order valence-electron chi connectivity index (χ1n) is 10.6. The van der Waals surface area contributed by atoms with Gasteiger partial charge in [-0.15, -0.1) is 0 Å². The molecule has 0 spiro atoms. The minimum Gasteiger partial charge on any atom is -0.501 e. The van der Waals surface area contributed by atoms with E-state index in [0.29, 0.717) is 0 Å². The van der Waals surface area contributed by atoms with Gasteiger partial charge in [-0.3, -0.25) is 0 Å². The Morgan fingerprint density at radius 2 is 1.39 bits per heavy atom. The second-order valence-corrected chi connectivity index (χ2v) is 8.17. The van der Waals surface area contributed by atoms with E-state index >= 15 is 0 Å². The largest absolute Gasteiger partial charge is 0.501 e. The number of ether oxygens (including phenoxy) is 1. The fourth-order valence-corrected chi connectivity index (χ4v) is 4.81. The Labute approximate surface area is 145 Å². The number of rotatable bonds is 9. The number of hydrogen-bond donors (Lipinski definition) is 0. The van der Waals surface area contributed by atoms with Gasteiger partial charge in [-0.2, -0.15) is 0 Å². The maximum atomic E-state index is 5.67. The normalized spacial score (nSPS) is 32.3. The second kappa shape index (κ2) is 11.2. The third-order valence-electron chi connectivity index (χ3n) is 6.43. The van der Waals surface area contributed by atoms with Gasteiger partial charge in [-0.25, -0.2) is 0 Å². The molecular weight excluding hydrogens is 280 g/mol. The summed E-state index contributed by atoms with van der Waals surface area (Å²) in [6, 6.07) is 0. The van der Waals surface area contributed by atoms with Crippen LogP contribution >= 0.6 is 0 Å². The van der Waals surface area contributed by atoms with Crippen LogP contribution in [0.2, 0.25) is 0 Å². The van der Waals surface area contributed by atoms with Crippen molar-refractivity contribution in [2.24, 2.45) is 23.7 Å². The average Bonchev–Trinajstić information content (AvgIpc) is 2.60. The van der Waals surface area contributed by atoms with E-state index in [9.17, 15) is 0 Å². The van der Waals surface area contributed by atoms with E-state index in [1.54, 1.807) is 0 Å². The Balaban J connectivity index is 1.58. The predicted octanol–water partition coefficient (Wildman–Crippen LogP) is 7.12. The molecule has 0 aliphatic heterocycles. The summed E-state index contributed by atoms with van der Waals surface area (Å²) in [4.78, 5) is 0. The average molecular weight is 321 g/mol. The van der Waals surface area contributed by atoms with Crippen LogP contribution in [-0.2, 0) is 4.74 Å². The van der Waals surface area contributed by atoms with E-state index in [2.05, 4.69) is 19.9 Å². The van der Waals surface area contributed by atoms with Crippen molar-refractivity contribution in [2.75, 3.05) is 6.61 Å². The maximum Gasteiger partial charge on any atom is 0.0901 e. The van der Waals surface area contributed by atoms with Crippen LogP contribution in [-0.4, -0.2) is 6.61 Å². The highest BCUT2D eigenvalue weighted by Gasteiger charge is 2.30. The number of allylic oxidation sites excluding steroid dienone is 1. The highest BCUT2D eigenvalue weighted by atomic mass is 16.5. The van der Waals surface area contributed by atoms with Gasteiger partial charge in [-0.05, 0) is 68.6 Å². The van der Waals surface area contributed by atoms with Gasteiger partial charge >= 0.3 is 0 Å². The summed E-state index contributed by atoms with van der Waals surface area (Å²) in [5.74, 6) is 3.97. The van der Waals surface area contributed by atoms with E-state index in [0.717, 1.165) is 36.7 Å². The summed E-state index contributed by atoms with van der Waals surface area (Å²) in [5, 5.41) is 0. The van der Waals surface area contributed by atoms with Gasteiger partial charge in [0.25, 0.3) is 0 Å². The smallest absolute Gasteiger partial charge is 0.0901 e. The van der Waals surface area contributed by atoms with Crippen LogP contribution in [0.15, 0.2) is 12.3 Å². The van der Waals surface area contributed by atoms with E-state index in [4.69, 9.17) is 4.74 Å². The molecule has 1 heteroatoms. The van der Waals surface area contributed by atoms with E-state index in [1.165, 1.54) is 77.0 Å². The SMILES string of the molecule is CC/C=C\OCC1CCC(C2CCC(CCCCC)CC2)CC1. The van der Waals surface area contributed by atoms with Crippen LogP contribution in [0.4, 0.5) is 0 Å². The first-order valence-corrected chi connectivity index (χ1v) is 10.6. The summed E-state index contributed by atoms with van der Waals surface area (Å²) in [6.07, 6.45) is 22.8. The first kappa shape index (κ1) is 18.9. The van der Waals surface area contributed by atoms with E-state index in [-0.39, 0.29) is 0 Å². The minimum atomic E-state index is 0.818. The lowest BCUT2D eigenvalue weighted by Crippen LogP contribution is -2.27. The van der Waals surface area contributed by atoms with Crippen molar-refractivity contribution in [1.82, 2.24) is 0 Å². The lowest BCUT2D eigenvalue weighted by Gasteiger charge is -2.37. The molecule has 0 aromatic heterocycles. The van der Waals surface area contributed by atoms with Crippen LogP contribution in [0, 0.1) is 23.7 Å². The zero-order chi connectivity index (χ0) is 16.3. The Morgan fingerprint density at radius 1 is 0.783 bits per heavy atom. The molecule has 23 heavy (non-hydrogen) atoms. The van der Waals surface area contributed by atoms with Gasteiger partial charge in [0.05, 0.1) is 12.9 Å². The Morgan fingerprint density at radius 3 is 1.96 bits per heavy atom. The summed E-state index contributed by atoms with van der Waals surface area (Å²) in [6.45, 7) is 5.43. The quantitative estimate of drug-likeness (QED) is 0.324. The highest BCUT2D eigenvalue weighted by Crippen LogP contribution is 2.42. The molecule has 2 saturated carbocycles. The Kier molecular flexibility index (Phi) is 9.15. The summed E-state index contributed by atoms with van der Waals surface area (Å²) in [7, 11) is 0. The van der Waals surface area contributed by atoms with Crippen LogP contribution in [0.5, 0.6) is 0 Å². The highest BCUT2D eigenvalue weighted by molar-refractivity contribution is 4.82.